The Morgan fingerprint density at radius 2 is 1.85 bits per heavy atom. The number of nitrogen functional groups attached to an aromatic ring is 1. The lowest BCUT2D eigenvalue weighted by Crippen LogP contribution is -2.48. The van der Waals surface area contributed by atoms with Gasteiger partial charge in [-0.15, -0.1) is 0 Å². The number of rotatable bonds is 5. The molecule has 33 heavy (non-hydrogen) atoms. The first-order chi connectivity index (χ1) is 16.0. The predicted molar refractivity (Wildman–Crippen MR) is 122 cm³/mol. The molecular weight excluding hydrogens is 423 g/mol. The highest BCUT2D eigenvalue weighted by molar-refractivity contribution is 5.96. The number of nitrogens with one attached hydrogen (secondary N) is 1. The Morgan fingerprint density at radius 3 is 2.61 bits per heavy atom. The van der Waals surface area contributed by atoms with Gasteiger partial charge < -0.3 is 16.0 Å². The molecular formula is C24H21FN6O2. The molecule has 1 aliphatic heterocycles. The number of benzene rings is 2. The molecule has 1 aliphatic rings. The van der Waals surface area contributed by atoms with E-state index in [9.17, 15) is 14.0 Å². The fourth-order valence-electron chi connectivity index (χ4n) is 4.03. The number of pyridine rings is 1. The van der Waals surface area contributed by atoms with Crippen molar-refractivity contribution in [1.82, 2.24) is 19.7 Å². The highest BCUT2D eigenvalue weighted by atomic mass is 19.1. The van der Waals surface area contributed by atoms with Gasteiger partial charge >= 0.3 is 0 Å². The van der Waals surface area contributed by atoms with Gasteiger partial charge in [0.2, 0.25) is 5.91 Å². The van der Waals surface area contributed by atoms with E-state index in [0.29, 0.717) is 30.2 Å². The van der Waals surface area contributed by atoms with Gasteiger partial charge in [-0.1, -0.05) is 18.2 Å². The van der Waals surface area contributed by atoms with Crippen LogP contribution < -0.4 is 11.1 Å². The molecule has 0 bridgehead atoms. The van der Waals surface area contributed by atoms with Crippen LogP contribution in [0.1, 0.15) is 22.0 Å². The number of aromatic nitrogens is 3. The van der Waals surface area contributed by atoms with Crippen LogP contribution in [0.2, 0.25) is 0 Å². The Balaban J connectivity index is 1.31. The maximum atomic E-state index is 13.1. The summed E-state index contributed by atoms with van der Waals surface area (Å²) >= 11 is 0. The molecule has 3 heterocycles. The van der Waals surface area contributed by atoms with Gasteiger partial charge in [-0.3, -0.25) is 14.3 Å². The summed E-state index contributed by atoms with van der Waals surface area (Å²) in [7, 11) is 0. The summed E-state index contributed by atoms with van der Waals surface area (Å²) in [5, 5.41) is 8.43. The Morgan fingerprint density at radius 1 is 1.09 bits per heavy atom. The number of nitrogens with two attached hydrogens (primary N) is 1. The van der Waals surface area contributed by atoms with Crippen molar-refractivity contribution in [3.05, 3.63) is 83.9 Å². The number of fused-ring (bicyclic) bond motifs is 1. The topological polar surface area (TPSA) is 106 Å². The van der Waals surface area contributed by atoms with Crippen molar-refractivity contribution in [1.29, 1.82) is 0 Å². The van der Waals surface area contributed by atoms with Crippen molar-refractivity contribution in [3.8, 4) is 0 Å². The molecule has 8 nitrogen and oxygen atoms in total. The molecule has 0 saturated carbocycles. The highest BCUT2D eigenvalue weighted by Gasteiger charge is 2.35. The minimum Gasteiger partial charge on any atom is -0.384 e. The van der Waals surface area contributed by atoms with E-state index >= 15 is 0 Å². The van der Waals surface area contributed by atoms with E-state index in [1.165, 1.54) is 30.5 Å². The van der Waals surface area contributed by atoms with E-state index in [-0.39, 0.29) is 30.1 Å². The van der Waals surface area contributed by atoms with Crippen LogP contribution in [0.4, 0.5) is 15.9 Å². The maximum Gasteiger partial charge on any atom is 0.254 e. The summed E-state index contributed by atoms with van der Waals surface area (Å²) in [6.45, 7) is 1.08. The van der Waals surface area contributed by atoms with E-state index in [4.69, 9.17) is 10.8 Å². The fourth-order valence-corrected chi connectivity index (χ4v) is 4.03. The second-order valence-electron chi connectivity index (χ2n) is 7.99. The van der Waals surface area contributed by atoms with Crippen LogP contribution in [0.5, 0.6) is 0 Å². The molecule has 0 unspecified atom stereocenters. The molecule has 0 spiro atoms. The normalized spacial score (nSPS) is 13.7. The zero-order valence-electron chi connectivity index (χ0n) is 17.6. The summed E-state index contributed by atoms with van der Waals surface area (Å²) in [6.07, 6.45) is 1.52. The van der Waals surface area contributed by atoms with Gasteiger partial charge in [-0.25, -0.2) is 9.37 Å². The lowest BCUT2D eigenvalue weighted by atomic mass is 9.93. The van der Waals surface area contributed by atoms with Crippen LogP contribution in [0.15, 0.2) is 66.9 Å². The molecule has 5 rings (SSSR count). The summed E-state index contributed by atoms with van der Waals surface area (Å²) in [5.74, 6) is -0.345. The Kier molecular flexibility index (Phi) is 5.21. The smallest absolute Gasteiger partial charge is 0.254 e. The number of hydrogen-bond acceptors (Lipinski definition) is 5. The van der Waals surface area contributed by atoms with Crippen LogP contribution in [0.25, 0.3) is 10.9 Å². The van der Waals surface area contributed by atoms with Crippen LogP contribution in [-0.2, 0) is 11.3 Å². The number of carbonyl (C=O) groups excluding carboxylic acids is 2. The number of amides is 2. The van der Waals surface area contributed by atoms with E-state index in [1.54, 1.807) is 21.7 Å². The molecule has 2 aromatic carbocycles. The van der Waals surface area contributed by atoms with E-state index < -0.39 is 0 Å². The first-order valence-electron chi connectivity index (χ1n) is 10.5. The SMILES string of the molecule is Nc1cc(C(=O)N2CC(c3nn(CC(=O)Nc4ccc(F)cc4)c4ccccc34)C2)ccn1. The van der Waals surface area contributed by atoms with Crippen molar-refractivity contribution in [2.24, 2.45) is 0 Å². The number of likely N-dealkylation sites (tertiary alicyclic amines) is 1. The highest BCUT2D eigenvalue weighted by Crippen LogP contribution is 2.32. The average Bonchev–Trinajstić information content (AvgIpc) is 3.12. The summed E-state index contributed by atoms with van der Waals surface area (Å²) in [5.41, 5.74) is 8.42. The van der Waals surface area contributed by atoms with Crippen molar-refractivity contribution in [2.75, 3.05) is 24.1 Å². The largest absolute Gasteiger partial charge is 0.384 e. The van der Waals surface area contributed by atoms with Crippen molar-refractivity contribution >= 4 is 34.2 Å². The molecule has 0 atom stereocenters. The third kappa shape index (κ3) is 4.12. The molecule has 9 heteroatoms. The average molecular weight is 444 g/mol. The van der Waals surface area contributed by atoms with Crippen LogP contribution in [0.3, 0.4) is 0 Å². The third-order valence-corrected chi connectivity index (χ3v) is 5.69. The third-order valence-electron chi connectivity index (χ3n) is 5.69. The lowest BCUT2D eigenvalue weighted by molar-refractivity contribution is -0.116. The molecule has 1 fully saturated rings. The predicted octanol–water partition coefficient (Wildman–Crippen LogP) is 3.03. The van der Waals surface area contributed by atoms with Gasteiger partial charge in [0, 0.05) is 41.8 Å². The minimum atomic E-state index is -0.365. The Bertz CT molecular complexity index is 1340. The first kappa shape index (κ1) is 20.6. The molecule has 1 saturated heterocycles. The van der Waals surface area contributed by atoms with Gasteiger partial charge in [-0.2, -0.15) is 5.10 Å². The second kappa shape index (κ2) is 8.34. The van der Waals surface area contributed by atoms with E-state index in [2.05, 4.69) is 10.3 Å². The van der Waals surface area contributed by atoms with Crippen molar-refractivity contribution < 1.29 is 14.0 Å². The van der Waals surface area contributed by atoms with Crippen LogP contribution in [-0.4, -0.2) is 44.6 Å². The van der Waals surface area contributed by atoms with Crippen molar-refractivity contribution in [3.63, 3.8) is 0 Å². The number of nitrogens with zero attached hydrogens (tertiary/aromatic N) is 4. The van der Waals surface area contributed by atoms with Crippen molar-refractivity contribution in [2.45, 2.75) is 12.5 Å². The molecule has 2 amide bonds. The van der Waals surface area contributed by atoms with E-state index in [0.717, 1.165) is 16.6 Å². The van der Waals surface area contributed by atoms with Gasteiger partial charge in [0.15, 0.2) is 0 Å². The summed E-state index contributed by atoms with van der Waals surface area (Å²) < 4.78 is 14.8. The second-order valence-corrected chi connectivity index (χ2v) is 7.99. The zero-order valence-corrected chi connectivity index (χ0v) is 17.6. The van der Waals surface area contributed by atoms with Gasteiger partial charge in [0.25, 0.3) is 5.91 Å². The minimum absolute atomic E-state index is 0.0174. The Labute approximate surface area is 188 Å². The van der Waals surface area contributed by atoms with E-state index in [1.807, 2.05) is 24.3 Å². The molecule has 3 N–H and O–H groups in total. The van der Waals surface area contributed by atoms with Crippen LogP contribution >= 0.6 is 0 Å². The fraction of sp³-hybridized carbons (Fsp3) is 0.167. The van der Waals surface area contributed by atoms with Gasteiger partial charge in [-0.05, 0) is 42.5 Å². The Hall–Kier alpha value is -4.27. The molecule has 0 radical (unpaired) electrons. The zero-order chi connectivity index (χ0) is 22.9. The van der Waals surface area contributed by atoms with Crippen LogP contribution in [0, 0.1) is 5.82 Å². The first-order valence-corrected chi connectivity index (χ1v) is 10.5. The number of para-hydroxylation sites is 1. The standard InChI is InChI=1S/C24H21FN6O2/c25-17-5-7-18(8-6-17)28-22(32)14-31-20-4-2-1-3-19(20)23(29-31)16-12-30(13-16)24(33)15-9-10-27-21(26)11-15/h1-11,16H,12-14H2,(H2,26,27)(H,28,32). The number of carbonyl (C=O) groups is 2. The molecule has 0 aliphatic carbocycles. The monoisotopic (exact) mass is 444 g/mol. The maximum absolute atomic E-state index is 13.1. The quantitative estimate of drug-likeness (QED) is 0.492. The molecule has 166 valence electrons. The molecule has 4 aromatic rings. The van der Waals surface area contributed by atoms with Gasteiger partial charge in [0.05, 0.1) is 11.2 Å². The number of halogens is 1. The number of hydrogen-bond donors (Lipinski definition) is 2. The lowest BCUT2D eigenvalue weighted by Gasteiger charge is -2.38. The number of anilines is 2. The molecule has 2 aromatic heterocycles. The van der Waals surface area contributed by atoms with Gasteiger partial charge in [0.1, 0.15) is 18.2 Å². The summed E-state index contributed by atoms with van der Waals surface area (Å²) in [4.78, 5) is 30.9. The summed E-state index contributed by atoms with van der Waals surface area (Å²) in [6, 6.07) is 16.5.